The zero-order chi connectivity index (χ0) is 20.8. The summed E-state index contributed by atoms with van der Waals surface area (Å²) in [5, 5.41) is 11.1. The molecule has 154 valence electrons. The van der Waals surface area contributed by atoms with Gasteiger partial charge in [0.2, 0.25) is 0 Å². The van der Waals surface area contributed by atoms with Gasteiger partial charge in [-0.1, -0.05) is 12.1 Å². The van der Waals surface area contributed by atoms with Gasteiger partial charge >= 0.3 is 0 Å². The number of anilines is 1. The molecule has 1 fully saturated rings. The molecule has 0 aliphatic heterocycles. The van der Waals surface area contributed by atoms with E-state index in [1.807, 2.05) is 19.3 Å². The number of rotatable bonds is 6. The van der Waals surface area contributed by atoms with Gasteiger partial charge in [0.1, 0.15) is 17.8 Å². The van der Waals surface area contributed by atoms with Gasteiger partial charge in [0.15, 0.2) is 9.84 Å². The molecule has 1 aliphatic rings. The Hall–Kier alpha value is -2.45. The number of fused-ring (bicyclic) bond motifs is 1. The van der Waals surface area contributed by atoms with Gasteiger partial charge in [-0.3, -0.25) is 0 Å². The highest BCUT2D eigenvalue weighted by Gasteiger charge is 2.36. The molecule has 0 saturated heterocycles. The monoisotopic (exact) mass is 414 g/mol. The molecule has 3 aromatic rings. The van der Waals surface area contributed by atoms with Crippen LogP contribution in [0, 0.1) is 5.92 Å². The predicted molar refractivity (Wildman–Crippen MR) is 113 cm³/mol. The lowest BCUT2D eigenvalue weighted by molar-refractivity contribution is 0.0784. The van der Waals surface area contributed by atoms with Crippen LogP contribution in [0.2, 0.25) is 0 Å². The Bertz CT molecular complexity index is 1130. The summed E-state index contributed by atoms with van der Waals surface area (Å²) in [5.74, 6) is 1.10. The molecule has 0 bridgehead atoms. The van der Waals surface area contributed by atoms with E-state index in [9.17, 15) is 13.5 Å². The molecule has 0 atom stereocenters. The summed E-state index contributed by atoms with van der Waals surface area (Å²) in [6.45, 7) is 3.30. The van der Waals surface area contributed by atoms with Crippen molar-refractivity contribution in [3.05, 3.63) is 48.4 Å². The number of nitrogens with zero attached hydrogens (tertiary/aromatic N) is 3. The van der Waals surface area contributed by atoms with Crippen molar-refractivity contribution in [2.45, 2.75) is 43.2 Å². The van der Waals surface area contributed by atoms with E-state index in [2.05, 4.69) is 19.9 Å². The number of aliphatic hydroxyl groups is 1. The maximum Gasteiger partial charge on any atom is 0.178 e. The van der Waals surface area contributed by atoms with E-state index in [0.29, 0.717) is 5.56 Å². The lowest BCUT2D eigenvalue weighted by Crippen LogP contribution is -2.45. The molecule has 2 heterocycles. The third kappa shape index (κ3) is 3.86. The first-order chi connectivity index (χ1) is 13.6. The second-order valence-electron chi connectivity index (χ2n) is 8.41. The van der Waals surface area contributed by atoms with Crippen molar-refractivity contribution in [2.24, 2.45) is 5.92 Å². The molecule has 0 amide bonds. The number of hydrogen-bond acceptors (Lipinski definition) is 6. The van der Waals surface area contributed by atoms with E-state index in [4.69, 9.17) is 0 Å². The number of nitrogens with one attached hydrogen (secondary N) is 1. The lowest BCUT2D eigenvalue weighted by Gasteiger charge is -2.41. The van der Waals surface area contributed by atoms with Crippen molar-refractivity contribution in [2.75, 3.05) is 17.7 Å². The molecule has 2 N–H and O–H groups in total. The highest BCUT2D eigenvalue weighted by molar-refractivity contribution is 7.91. The van der Waals surface area contributed by atoms with Crippen LogP contribution in [0.4, 0.5) is 5.82 Å². The fraction of sp³-hybridized carbons (Fsp3) is 0.429. The Morgan fingerprint density at radius 3 is 2.72 bits per heavy atom. The molecule has 29 heavy (non-hydrogen) atoms. The van der Waals surface area contributed by atoms with Crippen LogP contribution in [0.1, 0.15) is 32.3 Å². The largest absolute Gasteiger partial charge is 0.386 e. The SMILES string of the molecule is CN(c1ncnc2[nH]ccc12)C1CC(CS(=O)(=O)c2cccc(C(C)(C)O)c2)C1. The van der Waals surface area contributed by atoms with Gasteiger partial charge in [0.25, 0.3) is 0 Å². The second kappa shape index (κ2) is 7.11. The summed E-state index contributed by atoms with van der Waals surface area (Å²) >= 11 is 0. The number of aromatic nitrogens is 3. The third-order valence-corrected chi connectivity index (χ3v) is 7.66. The summed E-state index contributed by atoms with van der Waals surface area (Å²) in [4.78, 5) is 14.1. The average Bonchev–Trinajstić information content (AvgIpc) is 3.12. The first kappa shape index (κ1) is 19.8. The quantitative estimate of drug-likeness (QED) is 0.643. The van der Waals surface area contributed by atoms with E-state index < -0.39 is 15.4 Å². The smallest absolute Gasteiger partial charge is 0.178 e. The van der Waals surface area contributed by atoms with Crippen LogP contribution in [0.3, 0.4) is 0 Å². The molecule has 7 nitrogen and oxygen atoms in total. The molecule has 1 saturated carbocycles. The zero-order valence-electron chi connectivity index (χ0n) is 16.8. The molecule has 0 radical (unpaired) electrons. The molecule has 1 aromatic carbocycles. The maximum atomic E-state index is 12.9. The maximum absolute atomic E-state index is 12.9. The summed E-state index contributed by atoms with van der Waals surface area (Å²) < 4.78 is 25.8. The van der Waals surface area contributed by atoms with Crippen LogP contribution in [-0.2, 0) is 15.4 Å². The van der Waals surface area contributed by atoms with Crippen molar-refractivity contribution < 1.29 is 13.5 Å². The van der Waals surface area contributed by atoms with Crippen LogP contribution in [0.25, 0.3) is 11.0 Å². The van der Waals surface area contributed by atoms with Crippen LogP contribution in [0.5, 0.6) is 0 Å². The molecule has 0 unspecified atom stereocenters. The molecular weight excluding hydrogens is 388 g/mol. The number of hydrogen-bond donors (Lipinski definition) is 2. The number of aromatic amines is 1. The number of sulfone groups is 1. The Kier molecular flexibility index (Phi) is 4.86. The Balaban J connectivity index is 1.43. The fourth-order valence-corrected chi connectivity index (χ4v) is 5.62. The minimum atomic E-state index is -3.40. The van der Waals surface area contributed by atoms with E-state index in [1.54, 1.807) is 44.4 Å². The summed E-state index contributed by atoms with van der Waals surface area (Å²) in [6.07, 6.45) is 4.99. The Morgan fingerprint density at radius 1 is 1.24 bits per heavy atom. The predicted octanol–water partition coefficient (Wildman–Crippen LogP) is 2.87. The average molecular weight is 415 g/mol. The summed E-state index contributed by atoms with van der Waals surface area (Å²) in [7, 11) is -1.41. The topological polar surface area (TPSA) is 99.2 Å². The third-order valence-electron chi connectivity index (χ3n) is 5.78. The number of benzene rings is 1. The van der Waals surface area contributed by atoms with Crippen molar-refractivity contribution >= 4 is 26.7 Å². The van der Waals surface area contributed by atoms with Crippen LogP contribution in [0.15, 0.2) is 47.8 Å². The van der Waals surface area contributed by atoms with E-state index in [-0.39, 0.29) is 22.6 Å². The van der Waals surface area contributed by atoms with Gasteiger partial charge in [-0.05, 0) is 56.4 Å². The first-order valence-corrected chi connectivity index (χ1v) is 11.4. The van der Waals surface area contributed by atoms with Gasteiger partial charge in [-0.25, -0.2) is 18.4 Å². The highest BCUT2D eigenvalue weighted by atomic mass is 32.2. The molecule has 2 aromatic heterocycles. The minimum absolute atomic E-state index is 0.113. The van der Waals surface area contributed by atoms with E-state index in [1.165, 1.54) is 0 Å². The first-order valence-electron chi connectivity index (χ1n) is 9.72. The number of H-pyrrole nitrogens is 1. The van der Waals surface area contributed by atoms with E-state index >= 15 is 0 Å². The van der Waals surface area contributed by atoms with Gasteiger partial charge < -0.3 is 15.0 Å². The normalized spacial score (nSPS) is 19.9. The minimum Gasteiger partial charge on any atom is -0.386 e. The van der Waals surface area contributed by atoms with Crippen molar-refractivity contribution in [1.82, 2.24) is 15.0 Å². The van der Waals surface area contributed by atoms with Crippen molar-refractivity contribution in [1.29, 1.82) is 0 Å². The molecule has 8 heteroatoms. The molecule has 4 rings (SSSR count). The van der Waals surface area contributed by atoms with Gasteiger partial charge in [0, 0.05) is 19.3 Å². The Labute approximate surface area is 170 Å². The Morgan fingerprint density at radius 2 is 2.00 bits per heavy atom. The zero-order valence-corrected chi connectivity index (χ0v) is 17.6. The second-order valence-corrected chi connectivity index (χ2v) is 10.4. The van der Waals surface area contributed by atoms with Crippen LogP contribution < -0.4 is 4.90 Å². The fourth-order valence-electron chi connectivity index (χ4n) is 3.94. The molecule has 0 spiro atoms. The van der Waals surface area contributed by atoms with Crippen molar-refractivity contribution in [3.8, 4) is 0 Å². The van der Waals surface area contributed by atoms with Crippen LogP contribution >= 0.6 is 0 Å². The van der Waals surface area contributed by atoms with Gasteiger partial charge in [-0.2, -0.15) is 0 Å². The summed E-state index contributed by atoms with van der Waals surface area (Å²) in [6, 6.07) is 8.84. The molecule has 1 aliphatic carbocycles. The van der Waals surface area contributed by atoms with Crippen molar-refractivity contribution in [3.63, 3.8) is 0 Å². The van der Waals surface area contributed by atoms with Gasteiger partial charge in [-0.15, -0.1) is 0 Å². The standard InChI is InChI=1S/C21H26N4O3S/c1-21(2,26)15-5-4-6-17(11-15)29(27,28)12-14-9-16(10-14)25(3)20-18-7-8-22-19(18)23-13-24-20/h4-8,11,13-14,16,26H,9-10,12H2,1-3H3,(H,22,23,24). The highest BCUT2D eigenvalue weighted by Crippen LogP contribution is 2.37. The van der Waals surface area contributed by atoms with E-state index in [0.717, 1.165) is 29.7 Å². The van der Waals surface area contributed by atoms with Gasteiger partial charge in [0.05, 0.1) is 21.6 Å². The summed E-state index contributed by atoms with van der Waals surface area (Å²) in [5.41, 5.74) is 0.327. The van der Waals surface area contributed by atoms with Crippen LogP contribution in [-0.4, -0.2) is 47.3 Å². The lowest BCUT2D eigenvalue weighted by atomic mass is 9.81. The molecular formula is C21H26N4O3S.